The molecule has 0 unspecified atom stereocenters. The van der Waals surface area contributed by atoms with Gasteiger partial charge in [-0.25, -0.2) is 4.98 Å². The third kappa shape index (κ3) is 3.09. The maximum absolute atomic E-state index is 13.0. The molecule has 7 nitrogen and oxygen atoms in total. The topological polar surface area (TPSA) is 67.7 Å². The summed E-state index contributed by atoms with van der Waals surface area (Å²) in [6, 6.07) is 7.66. The highest BCUT2D eigenvalue weighted by Gasteiger charge is 2.48. The van der Waals surface area contributed by atoms with Crippen LogP contribution in [0.2, 0.25) is 0 Å². The highest BCUT2D eigenvalue weighted by molar-refractivity contribution is 5.95. The molecule has 4 rings (SSSR count). The fourth-order valence-corrected chi connectivity index (χ4v) is 4.21. The Labute approximate surface area is 164 Å². The summed E-state index contributed by atoms with van der Waals surface area (Å²) in [6.45, 7) is 3.57. The van der Waals surface area contributed by atoms with E-state index in [9.17, 15) is 9.59 Å². The van der Waals surface area contributed by atoms with Gasteiger partial charge in [-0.05, 0) is 18.6 Å². The van der Waals surface area contributed by atoms with Crippen molar-refractivity contribution in [2.24, 2.45) is 0 Å². The van der Waals surface area contributed by atoms with E-state index in [0.717, 1.165) is 17.0 Å². The Hall–Kier alpha value is -2.67. The lowest BCUT2D eigenvalue weighted by molar-refractivity contribution is -0.178. The summed E-state index contributed by atoms with van der Waals surface area (Å²) in [5, 5.41) is 0. The van der Waals surface area contributed by atoms with Crippen molar-refractivity contribution in [3.63, 3.8) is 0 Å². The van der Waals surface area contributed by atoms with Gasteiger partial charge in [-0.3, -0.25) is 9.59 Å². The molecule has 1 saturated heterocycles. The second kappa shape index (κ2) is 7.05. The van der Waals surface area contributed by atoms with Gasteiger partial charge in [0.05, 0.1) is 6.54 Å². The number of piperidine rings is 1. The van der Waals surface area contributed by atoms with E-state index >= 15 is 0 Å². The lowest BCUT2D eigenvalue weighted by atomic mass is 9.88. The zero-order valence-electron chi connectivity index (χ0n) is 16.6. The van der Waals surface area contributed by atoms with E-state index in [1.807, 2.05) is 46.9 Å². The van der Waals surface area contributed by atoms with Crippen LogP contribution in [0.4, 0.5) is 0 Å². The number of carbonyl (C=O) groups is 2. The molecule has 0 radical (unpaired) electrons. The van der Waals surface area contributed by atoms with Crippen LogP contribution in [0.1, 0.15) is 34.6 Å². The number of ether oxygens (including phenoxy) is 1. The summed E-state index contributed by atoms with van der Waals surface area (Å²) in [6.07, 6.45) is 4.38. The van der Waals surface area contributed by atoms with E-state index in [0.29, 0.717) is 32.5 Å². The van der Waals surface area contributed by atoms with Crippen LogP contribution in [0.5, 0.6) is 0 Å². The first kappa shape index (κ1) is 18.7. The van der Waals surface area contributed by atoms with Gasteiger partial charge in [0.1, 0.15) is 11.4 Å². The molecular weight excluding hydrogens is 356 g/mol. The fraction of sp³-hybridized carbons (Fsp3) is 0.476. The number of fused-ring (bicyclic) bond motifs is 2. The van der Waals surface area contributed by atoms with Crippen LogP contribution in [-0.2, 0) is 21.7 Å². The number of likely N-dealkylation sites (tertiary alicyclic amines) is 1. The lowest BCUT2D eigenvalue weighted by Gasteiger charge is -2.45. The maximum Gasteiger partial charge on any atom is 0.254 e. The minimum Gasteiger partial charge on any atom is -0.352 e. The Balaban J connectivity index is 1.55. The number of imidazole rings is 1. The molecule has 0 saturated carbocycles. The average Bonchev–Trinajstić information content (AvgIpc) is 3.17. The zero-order chi connectivity index (χ0) is 19.9. The minimum atomic E-state index is -0.624. The van der Waals surface area contributed by atoms with Crippen molar-refractivity contribution in [2.45, 2.75) is 38.0 Å². The summed E-state index contributed by atoms with van der Waals surface area (Å²) in [7, 11) is 3.48. The third-order valence-corrected chi connectivity index (χ3v) is 5.80. The van der Waals surface area contributed by atoms with Gasteiger partial charge in [-0.1, -0.05) is 18.2 Å². The van der Waals surface area contributed by atoms with Crippen LogP contribution in [0.25, 0.3) is 0 Å². The number of hydrogen-bond acceptors (Lipinski definition) is 4. The minimum absolute atomic E-state index is 0.0443. The van der Waals surface area contributed by atoms with Crippen molar-refractivity contribution >= 4 is 11.8 Å². The van der Waals surface area contributed by atoms with Crippen LogP contribution in [0.15, 0.2) is 36.7 Å². The van der Waals surface area contributed by atoms with Crippen molar-refractivity contribution in [3.05, 3.63) is 53.6 Å². The summed E-state index contributed by atoms with van der Waals surface area (Å²) in [4.78, 5) is 33.5. The first-order valence-corrected chi connectivity index (χ1v) is 9.67. The molecule has 2 aliphatic heterocycles. The molecule has 1 spiro atoms. The number of benzene rings is 1. The second-order valence-electron chi connectivity index (χ2n) is 7.84. The van der Waals surface area contributed by atoms with Gasteiger partial charge in [0.2, 0.25) is 0 Å². The molecule has 148 valence electrons. The van der Waals surface area contributed by atoms with Crippen molar-refractivity contribution in [2.75, 3.05) is 27.2 Å². The van der Waals surface area contributed by atoms with Crippen molar-refractivity contribution in [1.82, 2.24) is 19.4 Å². The van der Waals surface area contributed by atoms with E-state index < -0.39 is 11.7 Å². The summed E-state index contributed by atoms with van der Waals surface area (Å²) >= 11 is 0. The van der Waals surface area contributed by atoms with Gasteiger partial charge >= 0.3 is 0 Å². The highest BCUT2D eigenvalue weighted by atomic mass is 16.5. The first-order chi connectivity index (χ1) is 13.4. The predicted molar refractivity (Wildman–Crippen MR) is 104 cm³/mol. The zero-order valence-corrected chi connectivity index (χ0v) is 16.6. The number of rotatable bonds is 2. The smallest absolute Gasteiger partial charge is 0.254 e. The highest BCUT2D eigenvalue weighted by Crippen LogP contribution is 2.40. The monoisotopic (exact) mass is 382 g/mol. The molecule has 1 aromatic heterocycles. The summed E-state index contributed by atoms with van der Waals surface area (Å²) < 4.78 is 8.39. The standard InChI is InChI=1S/C21H26N4O3/c1-15-6-4-5-7-16(15)18(26)24-11-8-21(9-12-24)20-22-10-13-25(20)14-17(28-21)19(27)23(2)3/h4-7,10,13,17H,8-9,11-12,14H2,1-3H3/t17-/m0/s1. The van der Waals surface area contributed by atoms with Crippen LogP contribution >= 0.6 is 0 Å². The quantitative estimate of drug-likeness (QED) is 0.795. The van der Waals surface area contributed by atoms with E-state index in [4.69, 9.17) is 4.74 Å². The van der Waals surface area contributed by atoms with Crippen molar-refractivity contribution < 1.29 is 14.3 Å². The van der Waals surface area contributed by atoms with Gasteiger partial charge in [0, 0.05) is 58.0 Å². The molecule has 1 aromatic carbocycles. The molecule has 3 heterocycles. The number of aromatic nitrogens is 2. The van der Waals surface area contributed by atoms with Crippen LogP contribution in [0.3, 0.4) is 0 Å². The Bertz CT molecular complexity index is 897. The molecule has 7 heteroatoms. The number of carbonyl (C=O) groups excluding carboxylic acids is 2. The molecule has 0 aliphatic carbocycles. The molecule has 2 aliphatic rings. The number of likely N-dealkylation sites (N-methyl/N-ethyl adjacent to an activating group) is 1. The molecular formula is C21H26N4O3. The predicted octanol–water partition coefficient (Wildman–Crippen LogP) is 1.81. The van der Waals surface area contributed by atoms with Crippen molar-refractivity contribution in [1.29, 1.82) is 0 Å². The van der Waals surface area contributed by atoms with Gasteiger partial charge < -0.3 is 19.1 Å². The second-order valence-corrected chi connectivity index (χ2v) is 7.84. The van der Waals surface area contributed by atoms with Crippen LogP contribution < -0.4 is 0 Å². The van der Waals surface area contributed by atoms with E-state index in [2.05, 4.69) is 4.98 Å². The molecule has 2 amide bonds. The fourth-order valence-electron chi connectivity index (χ4n) is 4.21. The average molecular weight is 382 g/mol. The third-order valence-electron chi connectivity index (χ3n) is 5.80. The van der Waals surface area contributed by atoms with Gasteiger partial charge in [-0.15, -0.1) is 0 Å². The SMILES string of the molecule is Cc1ccccc1C(=O)N1CCC2(CC1)O[C@H](C(=O)N(C)C)Cn1ccnc12. The molecule has 1 atom stereocenters. The Morgan fingerprint density at radius 1 is 1.21 bits per heavy atom. The first-order valence-electron chi connectivity index (χ1n) is 9.67. The summed E-state index contributed by atoms with van der Waals surface area (Å²) in [5.41, 5.74) is 1.10. The van der Waals surface area contributed by atoms with E-state index in [1.54, 1.807) is 25.2 Å². The molecule has 0 N–H and O–H groups in total. The van der Waals surface area contributed by atoms with Crippen LogP contribution in [0, 0.1) is 6.92 Å². The largest absolute Gasteiger partial charge is 0.352 e. The molecule has 0 bridgehead atoms. The normalized spacial score (nSPS) is 20.7. The van der Waals surface area contributed by atoms with Gasteiger partial charge in [-0.2, -0.15) is 0 Å². The number of aryl methyl sites for hydroxylation is 1. The van der Waals surface area contributed by atoms with Gasteiger partial charge in [0.15, 0.2) is 6.10 Å². The van der Waals surface area contributed by atoms with Crippen molar-refractivity contribution in [3.8, 4) is 0 Å². The lowest BCUT2D eigenvalue weighted by Crippen LogP contribution is -2.54. The van der Waals surface area contributed by atoms with E-state index in [-0.39, 0.29) is 11.8 Å². The maximum atomic E-state index is 13.0. The van der Waals surface area contributed by atoms with E-state index in [1.165, 1.54) is 0 Å². The Morgan fingerprint density at radius 3 is 2.61 bits per heavy atom. The molecule has 28 heavy (non-hydrogen) atoms. The van der Waals surface area contributed by atoms with Gasteiger partial charge in [0.25, 0.3) is 11.8 Å². The Kier molecular flexibility index (Phi) is 4.71. The number of nitrogens with zero attached hydrogens (tertiary/aromatic N) is 4. The summed E-state index contributed by atoms with van der Waals surface area (Å²) in [5.74, 6) is 0.864. The number of hydrogen-bond donors (Lipinski definition) is 0. The molecule has 2 aromatic rings. The number of amides is 2. The van der Waals surface area contributed by atoms with Crippen LogP contribution in [-0.4, -0.2) is 64.5 Å². The molecule has 1 fully saturated rings. The Morgan fingerprint density at radius 2 is 1.93 bits per heavy atom.